The molecule has 6 nitrogen and oxygen atoms in total. The summed E-state index contributed by atoms with van der Waals surface area (Å²) in [6.07, 6.45) is 1.30. The molecule has 1 saturated heterocycles. The lowest BCUT2D eigenvalue weighted by molar-refractivity contribution is 0.187. The van der Waals surface area contributed by atoms with Gasteiger partial charge >= 0.3 is 6.09 Å². The molecule has 23 heavy (non-hydrogen) atoms. The molecule has 1 fully saturated rings. The van der Waals surface area contributed by atoms with E-state index in [-0.39, 0.29) is 18.4 Å². The highest BCUT2D eigenvalue weighted by Crippen LogP contribution is 2.32. The molecule has 0 bridgehead atoms. The Morgan fingerprint density at radius 3 is 2.61 bits per heavy atom. The van der Waals surface area contributed by atoms with E-state index in [1.807, 2.05) is 0 Å². The lowest BCUT2D eigenvalue weighted by atomic mass is 10.0. The quantitative estimate of drug-likeness (QED) is 0.860. The Morgan fingerprint density at radius 1 is 1.39 bits per heavy atom. The molecule has 2 rings (SSSR count). The molecular formula is C15H23ClN2O4S. The Kier molecular flexibility index (Phi) is 6.85. The molecule has 8 heteroatoms. The molecule has 0 saturated carbocycles. The smallest absolute Gasteiger partial charge is 0.411 e. The van der Waals surface area contributed by atoms with Crippen molar-refractivity contribution in [3.05, 3.63) is 23.8 Å². The number of carbonyl (C=O) groups is 1. The number of carbonyl (C=O) groups excluding carboxylic acids is 1. The van der Waals surface area contributed by atoms with Crippen molar-refractivity contribution in [2.24, 2.45) is 0 Å². The number of ether oxygens (including phenoxy) is 1. The van der Waals surface area contributed by atoms with Crippen LogP contribution in [-0.2, 0) is 14.6 Å². The van der Waals surface area contributed by atoms with E-state index in [2.05, 4.69) is 15.4 Å². The van der Waals surface area contributed by atoms with Gasteiger partial charge in [-0.25, -0.2) is 13.2 Å². The molecule has 0 unspecified atom stereocenters. The van der Waals surface area contributed by atoms with Crippen molar-refractivity contribution in [2.45, 2.75) is 42.9 Å². The van der Waals surface area contributed by atoms with Crippen LogP contribution in [0.15, 0.2) is 23.1 Å². The fourth-order valence-electron chi connectivity index (χ4n) is 2.53. The highest BCUT2D eigenvalue weighted by atomic mass is 35.5. The van der Waals surface area contributed by atoms with Gasteiger partial charge in [-0.2, -0.15) is 0 Å². The number of amides is 1. The molecule has 1 aliphatic rings. The van der Waals surface area contributed by atoms with Gasteiger partial charge in [0.25, 0.3) is 0 Å². The maximum atomic E-state index is 12.6. The average Bonchev–Trinajstić information content (AvgIpc) is 3.00. The molecule has 130 valence electrons. The van der Waals surface area contributed by atoms with Crippen molar-refractivity contribution >= 4 is 34.0 Å². The number of hydrogen-bond acceptors (Lipinski definition) is 5. The van der Waals surface area contributed by atoms with Gasteiger partial charge in [-0.05, 0) is 57.0 Å². The van der Waals surface area contributed by atoms with E-state index in [0.717, 1.165) is 19.4 Å². The van der Waals surface area contributed by atoms with Crippen molar-refractivity contribution in [2.75, 3.05) is 19.0 Å². The van der Waals surface area contributed by atoms with Crippen LogP contribution in [0.5, 0.6) is 0 Å². The summed E-state index contributed by atoms with van der Waals surface area (Å²) in [7, 11) is -2.10. The summed E-state index contributed by atoms with van der Waals surface area (Å²) in [5.74, 6) is 0. The number of anilines is 1. The van der Waals surface area contributed by atoms with Crippen molar-refractivity contribution in [3.63, 3.8) is 0 Å². The first-order chi connectivity index (χ1) is 10.4. The maximum Gasteiger partial charge on any atom is 0.411 e. The topological polar surface area (TPSA) is 84.5 Å². The number of rotatable bonds is 4. The third kappa shape index (κ3) is 4.37. The van der Waals surface area contributed by atoms with E-state index in [1.165, 1.54) is 7.11 Å². The average molecular weight is 363 g/mol. The first kappa shape index (κ1) is 19.7. The number of hydrogen-bond donors (Lipinski definition) is 2. The number of sulfone groups is 1. The summed E-state index contributed by atoms with van der Waals surface area (Å²) in [6.45, 7) is 4.20. The van der Waals surface area contributed by atoms with Crippen LogP contribution in [0.2, 0.25) is 0 Å². The Morgan fingerprint density at radius 2 is 2.09 bits per heavy atom. The molecule has 1 aromatic carbocycles. The van der Waals surface area contributed by atoms with Gasteiger partial charge in [0.1, 0.15) is 0 Å². The van der Waals surface area contributed by atoms with Crippen LogP contribution in [0.3, 0.4) is 0 Å². The van der Waals surface area contributed by atoms with Crippen LogP contribution in [0.25, 0.3) is 0 Å². The van der Waals surface area contributed by atoms with Crippen LogP contribution in [0, 0.1) is 0 Å². The zero-order valence-corrected chi connectivity index (χ0v) is 15.1. The van der Waals surface area contributed by atoms with Crippen LogP contribution >= 0.6 is 12.4 Å². The molecule has 1 aromatic rings. The summed E-state index contributed by atoms with van der Waals surface area (Å²) < 4.78 is 29.7. The van der Waals surface area contributed by atoms with Gasteiger partial charge in [0, 0.05) is 11.7 Å². The zero-order chi connectivity index (χ0) is 16.3. The summed E-state index contributed by atoms with van der Waals surface area (Å²) in [4.78, 5) is 11.7. The van der Waals surface area contributed by atoms with Crippen molar-refractivity contribution in [1.82, 2.24) is 5.32 Å². The molecule has 0 spiro atoms. The van der Waals surface area contributed by atoms with Gasteiger partial charge in [0.2, 0.25) is 0 Å². The monoisotopic (exact) mass is 362 g/mol. The molecule has 1 aliphatic heterocycles. The third-order valence-corrected chi connectivity index (χ3v) is 6.03. The second-order valence-electron chi connectivity index (χ2n) is 5.61. The predicted octanol–water partition coefficient (Wildman–Crippen LogP) is 2.89. The third-order valence-electron chi connectivity index (χ3n) is 3.80. The van der Waals surface area contributed by atoms with E-state index in [0.29, 0.717) is 16.1 Å². The highest BCUT2D eigenvalue weighted by molar-refractivity contribution is 7.92. The molecule has 0 aliphatic carbocycles. The van der Waals surface area contributed by atoms with E-state index in [1.54, 1.807) is 32.0 Å². The molecule has 2 N–H and O–H groups in total. The maximum absolute atomic E-state index is 12.6. The molecule has 1 heterocycles. The minimum atomic E-state index is -3.38. The molecule has 0 radical (unpaired) electrons. The second kappa shape index (κ2) is 7.99. The van der Waals surface area contributed by atoms with Gasteiger partial charge in [-0.3, -0.25) is 5.32 Å². The first-order valence-corrected chi connectivity index (χ1v) is 8.87. The van der Waals surface area contributed by atoms with Crippen LogP contribution in [0.1, 0.15) is 38.3 Å². The fraction of sp³-hybridized carbons (Fsp3) is 0.533. The number of nitrogens with one attached hydrogen (secondary N) is 2. The van der Waals surface area contributed by atoms with Crippen molar-refractivity contribution in [1.29, 1.82) is 0 Å². The summed E-state index contributed by atoms with van der Waals surface area (Å²) in [6, 6.07) is 4.86. The number of methoxy groups -OCH3 is 1. The van der Waals surface area contributed by atoms with Gasteiger partial charge < -0.3 is 10.1 Å². The molecule has 0 aromatic heterocycles. The van der Waals surface area contributed by atoms with Gasteiger partial charge in [-0.15, -0.1) is 12.4 Å². The lowest BCUT2D eigenvalue weighted by Gasteiger charge is -2.19. The van der Waals surface area contributed by atoms with E-state index < -0.39 is 21.2 Å². The molecule has 1 atom stereocenters. The summed E-state index contributed by atoms with van der Waals surface area (Å²) in [5, 5.41) is 5.40. The largest absolute Gasteiger partial charge is 0.453 e. The first-order valence-electron chi connectivity index (χ1n) is 7.32. The van der Waals surface area contributed by atoms with Crippen molar-refractivity contribution < 1.29 is 17.9 Å². The normalized spacial score (nSPS) is 17.7. The van der Waals surface area contributed by atoms with Crippen LogP contribution in [0.4, 0.5) is 10.5 Å². The Bertz CT molecular complexity index is 655. The summed E-state index contributed by atoms with van der Waals surface area (Å²) in [5.41, 5.74) is 1.23. The van der Waals surface area contributed by atoms with Gasteiger partial charge in [0.05, 0.1) is 17.3 Å². The SMILES string of the molecule is COC(=O)Nc1ccc(S(=O)(=O)C(C)C)c([C@H]2CCCN2)c1.Cl. The van der Waals surface area contributed by atoms with Crippen LogP contribution in [-0.4, -0.2) is 33.4 Å². The van der Waals surface area contributed by atoms with Gasteiger partial charge in [0.15, 0.2) is 9.84 Å². The summed E-state index contributed by atoms with van der Waals surface area (Å²) >= 11 is 0. The number of halogens is 1. The highest BCUT2D eigenvalue weighted by Gasteiger charge is 2.28. The zero-order valence-electron chi connectivity index (χ0n) is 13.5. The minimum absolute atomic E-state index is 0. The lowest BCUT2D eigenvalue weighted by Crippen LogP contribution is -2.21. The minimum Gasteiger partial charge on any atom is -0.453 e. The van der Waals surface area contributed by atoms with E-state index >= 15 is 0 Å². The van der Waals surface area contributed by atoms with Crippen LogP contribution < -0.4 is 10.6 Å². The molecule has 1 amide bonds. The Labute approximate surface area is 143 Å². The number of benzene rings is 1. The van der Waals surface area contributed by atoms with Gasteiger partial charge in [-0.1, -0.05) is 0 Å². The predicted molar refractivity (Wildman–Crippen MR) is 92.0 cm³/mol. The Balaban J connectivity index is 0.00000264. The Hall–Kier alpha value is -1.31. The van der Waals surface area contributed by atoms with E-state index in [4.69, 9.17) is 0 Å². The fourth-order valence-corrected chi connectivity index (χ4v) is 3.83. The van der Waals surface area contributed by atoms with Crippen molar-refractivity contribution in [3.8, 4) is 0 Å². The van der Waals surface area contributed by atoms with E-state index in [9.17, 15) is 13.2 Å². The standard InChI is InChI=1S/C15H22N2O4S.ClH/c1-10(2)22(19,20)14-7-6-11(17-15(18)21-3)9-12(14)13-5-4-8-16-13;/h6-7,9-10,13,16H,4-5,8H2,1-3H3,(H,17,18);1H/t13-;/m1./s1. The second-order valence-corrected chi connectivity index (χ2v) is 8.08. The molecular weight excluding hydrogens is 340 g/mol.